The van der Waals surface area contributed by atoms with Crippen LogP contribution in [0.3, 0.4) is 0 Å². The molecule has 0 bridgehead atoms. The van der Waals surface area contributed by atoms with Crippen molar-refractivity contribution in [2.75, 3.05) is 0 Å². The van der Waals surface area contributed by atoms with E-state index in [0.717, 1.165) is 17.7 Å². The van der Waals surface area contributed by atoms with Gasteiger partial charge in [-0.15, -0.1) is 0 Å². The van der Waals surface area contributed by atoms with Crippen LogP contribution in [-0.4, -0.2) is 14.5 Å². The van der Waals surface area contributed by atoms with Crippen molar-refractivity contribution in [3.05, 3.63) is 59.6 Å². The number of halogens is 2. The number of furan rings is 1. The molecule has 0 aliphatic heterocycles. The molecule has 114 valence electrons. The number of rotatable bonds is 6. The van der Waals surface area contributed by atoms with Gasteiger partial charge in [0.15, 0.2) is 0 Å². The van der Waals surface area contributed by atoms with E-state index in [0.29, 0.717) is 12.5 Å². The van der Waals surface area contributed by atoms with Gasteiger partial charge in [-0.05, 0) is 42.7 Å². The third-order valence-corrected chi connectivity index (χ3v) is 4.26. The fourth-order valence-electron chi connectivity index (χ4n) is 2.07. The second-order valence-corrected chi connectivity index (χ2v) is 6.65. The zero-order chi connectivity index (χ0) is 15.5. The summed E-state index contributed by atoms with van der Waals surface area (Å²) in [5.74, 6) is -2.07. The summed E-state index contributed by atoms with van der Waals surface area (Å²) in [6.07, 6.45) is 3.51. The van der Waals surface area contributed by atoms with Crippen LogP contribution in [-0.2, 0) is 22.2 Å². The number of sulfonamides is 1. The molecule has 1 aromatic heterocycles. The van der Waals surface area contributed by atoms with Crippen LogP contribution in [0.4, 0.5) is 8.78 Å². The highest BCUT2D eigenvalue weighted by Gasteiger charge is 2.17. The predicted octanol–water partition coefficient (Wildman–Crippen LogP) is 2.61. The van der Waals surface area contributed by atoms with Crippen molar-refractivity contribution in [3.63, 3.8) is 0 Å². The van der Waals surface area contributed by atoms with Gasteiger partial charge in [-0.2, -0.15) is 0 Å². The molecule has 0 aliphatic rings. The molecule has 1 unspecified atom stereocenters. The summed E-state index contributed by atoms with van der Waals surface area (Å²) < 4.78 is 57.4. The molecule has 2 aromatic rings. The fraction of sp³-hybridized carbons (Fsp3) is 0.286. The van der Waals surface area contributed by atoms with Crippen LogP contribution in [0.15, 0.2) is 41.2 Å². The Morgan fingerprint density at radius 2 is 1.86 bits per heavy atom. The van der Waals surface area contributed by atoms with E-state index in [2.05, 4.69) is 4.72 Å². The molecule has 0 spiro atoms. The van der Waals surface area contributed by atoms with Gasteiger partial charge in [-0.3, -0.25) is 0 Å². The van der Waals surface area contributed by atoms with Gasteiger partial charge in [-0.1, -0.05) is 0 Å². The summed E-state index contributed by atoms with van der Waals surface area (Å²) in [6, 6.07) is 4.09. The van der Waals surface area contributed by atoms with E-state index in [9.17, 15) is 17.2 Å². The smallest absolute Gasteiger partial charge is 0.216 e. The molecule has 0 aliphatic carbocycles. The lowest BCUT2D eigenvalue weighted by Gasteiger charge is -2.13. The third kappa shape index (κ3) is 4.95. The van der Waals surface area contributed by atoms with Crippen LogP contribution >= 0.6 is 0 Å². The van der Waals surface area contributed by atoms with Crippen molar-refractivity contribution < 1.29 is 21.6 Å². The maximum absolute atomic E-state index is 13.1. The molecule has 1 aromatic carbocycles. The second-order valence-electron chi connectivity index (χ2n) is 4.89. The van der Waals surface area contributed by atoms with Gasteiger partial charge in [0.05, 0.1) is 18.3 Å². The highest BCUT2D eigenvalue weighted by atomic mass is 32.2. The molecule has 0 saturated carbocycles. The van der Waals surface area contributed by atoms with Gasteiger partial charge in [0.25, 0.3) is 0 Å². The van der Waals surface area contributed by atoms with E-state index in [1.807, 2.05) is 0 Å². The minimum Gasteiger partial charge on any atom is -0.472 e. The fourth-order valence-corrected chi connectivity index (χ4v) is 3.45. The van der Waals surface area contributed by atoms with Crippen LogP contribution in [0.5, 0.6) is 0 Å². The average molecular weight is 315 g/mol. The zero-order valence-electron chi connectivity index (χ0n) is 11.3. The molecule has 1 heterocycles. The molecule has 1 atom stereocenters. The first kappa shape index (κ1) is 15.7. The van der Waals surface area contributed by atoms with Crippen molar-refractivity contribution in [2.45, 2.75) is 25.1 Å². The molecule has 2 rings (SSSR count). The highest BCUT2D eigenvalue weighted by molar-refractivity contribution is 7.88. The standard InChI is InChI=1S/C14H15F2NO3S/c1-10(4-11-2-3-20-8-11)17-21(18,19)9-12-5-13(15)7-14(16)6-12/h2-3,5-8,10,17H,4,9H2,1H3. The number of hydrogen-bond donors (Lipinski definition) is 1. The Hall–Kier alpha value is -1.73. The van der Waals surface area contributed by atoms with E-state index in [4.69, 9.17) is 4.42 Å². The predicted molar refractivity (Wildman–Crippen MR) is 74.0 cm³/mol. The van der Waals surface area contributed by atoms with Gasteiger partial charge in [0, 0.05) is 12.1 Å². The summed E-state index contributed by atoms with van der Waals surface area (Å²) in [6.45, 7) is 1.71. The third-order valence-electron chi connectivity index (χ3n) is 2.78. The van der Waals surface area contributed by atoms with E-state index in [-0.39, 0.29) is 11.6 Å². The topological polar surface area (TPSA) is 59.3 Å². The largest absolute Gasteiger partial charge is 0.472 e. The van der Waals surface area contributed by atoms with Crippen LogP contribution < -0.4 is 4.72 Å². The lowest BCUT2D eigenvalue weighted by Crippen LogP contribution is -2.34. The Bertz CT molecular complexity index is 679. The van der Waals surface area contributed by atoms with Crippen molar-refractivity contribution in [2.24, 2.45) is 0 Å². The van der Waals surface area contributed by atoms with Crippen molar-refractivity contribution >= 4 is 10.0 Å². The molecule has 21 heavy (non-hydrogen) atoms. The number of benzene rings is 1. The van der Waals surface area contributed by atoms with Crippen molar-refractivity contribution in [3.8, 4) is 0 Å². The minimum absolute atomic E-state index is 0.0653. The molecule has 0 fully saturated rings. The maximum Gasteiger partial charge on any atom is 0.216 e. The molecule has 0 radical (unpaired) electrons. The van der Waals surface area contributed by atoms with Crippen LogP contribution in [0.25, 0.3) is 0 Å². The quantitative estimate of drug-likeness (QED) is 0.891. The number of nitrogens with one attached hydrogen (secondary N) is 1. The molecule has 1 N–H and O–H groups in total. The normalized spacial score (nSPS) is 13.3. The minimum atomic E-state index is -3.68. The lowest BCUT2D eigenvalue weighted by molar-refractivity contribution is 0.548. The van der Waals surface area contributed by atoms with Crippen LogP contribution in [0.2, 0.25) is 0 Å². The second kappa shape index (κ2) is 6.36. The first-order valence-electron chi connectivity index (χ1n) is 6.30. The summed E-state index contributed by atoms with van der Waals surface area (Å²) in [7, 11) is -3.68. The maximum atomic E-state index is 13.1. The monoisotopic (exact) mass is 315 g/mol. The van der Waals surface area contributed by atoms with Crippen LogP contribution in [0, 0.1) is 11.6 Å². The van der Waals surface area contributed by atoms with E-state index in [1.54, 1.807) is 13.0 Å². The van der Waals surface area contributed by atoms with Crippen molar-refractivity contribution in [1.82, 2.24) is 4.72 Å². The van der Waals surface area contributed by atoms with Gasteiger partial charge in [-0.25, -0.2) is 21.9 Å². The van der Waals surface area contributed by atoms with Gasteiger partial charge < -0.3 is 4.42 Å². The van der Waals surface area contributed by atoms with Crippen LogP contribution in [0.1, 0.15) is 18.1 Å². The molecular formula is C14H15F2NO3S. The highest BCUT2D eigenvalue weighted by Crippen LogP contribution is 2.12. The van der Waals surface area contributed by atoms with Gasteiger partial charge in [0.1, 0.15) is 11.6 Å². The molecule has 0 amide bonds. The van der Waals surface area contributed by atoms with Gasteiger partial charge >= 0.3 is 0 Å². The van der Waals surface area contributed by atoms with Crippen molar-refractivity contribution in [1.29, 1.82) is 0 Å². The number of hydrogen-bond acceptors (Lipinski definition) is 3. The first-order chi connectivity index (χ1) is 9.84. The Morgan fingerprint density at radius 3 is 2.43 bits per heavy atom. The van der Waals surface area contributed by atoms with E-state index < -0.39 is 27.4 Å². The first-order valence-corrected chi connectivity index (χ1v) is 7.95. The summed E-state index contributed by atoms with van der Waals surface area (Å²) in [5.41, 5.74) is 0.928. The summed E-state index contributed by atoms with van der Waals surface area (Å²) in [5, 5.41) is 0. The van der Waals surface area contributed by atoms with Gasteiger partial charge in [0.2, 0.25) is 10.0 Å². The molecule has 7 heteroatoms. The van der Waals surface area contributed by atoms with E-state index >= 15 is 0 Å². The SMILES string of the molecule is CC(Cc1ccoc1)NS(=O)(=O)Cc1cc(F)cc(F)c1. The zero-order valence-corrected chi connectivity index (χ0v) is 12.2. The Kier molecular flexibility index (Phi) is 4.74. The molecule has 0 saturated heterocycles. The molecule has 4 nitrogen and oxygen atoms in total. The van der Waals surface area contributed by atoms with E-state index in [1.165, 1.54) is 12.5 Å². The average Bonchev–Trinajstić information content (AvgIpc) is 2.77. The summed E-state index contributed by atoms with van der Waals surface area (Å²) >= 11 is 0. The Labute approximate surface area is 121 Å². The lowest BCUT2D eigenvalue weighted by atomic mass is 10.1. The molecular weight excluding hydrogens is 300 g/mol. The Morgan fingerprint density at radius 1 is 1.19 bits per heavy atom. The Balaban J connectivity index is 2.01. The summed E-state index contributed by atoms with van der Waals surface area (Å²) in [4.78, 5) is 0.